The van der Waals surface area contributed by atoms with Gasteiger partial charge in [-0.15, -0.1) is 0 Å². The van der Waals surface area contributed by atoms with Gasteiger partial charge < -0.3 is 18.0 Å². The van der Waals surface area contributed by atoms with Crippen LogP contribution in [0, 0.1) is 0 Å². The van der Waals surface area contributed by atoms with Gasteiger partial charge in [0, 0.05) is 0 Å². The second-order valence-electron chi connectivity index (χ2n) is 0.448. The van der Waals surface area contributed by atoms with Crippen LogP contribution < -0.4 is 18.0 Å². The molecule has 0 heterocycles. The molecule has 0 aliphatic carbocycles. The van der Waals surface area contributed by atoms with E-state index in [0.29, 0.717) is 0 Å². The lowest BCUT2D eigenvalue weighted by Gasteiger charge is -1.68. The van der Waals surface area contributed by atoms with Crippen molar-refractivity contribution in [2.75, 3.05) is 7.05 Å². The molecule has 0 unspecified atom stereocenters. The van der Waals surface area contributed by atoms with E-state index in [1.807, 2.05) is 0 Å². The summed E-state index contributed by atoms with van der Waals surface area (Å²) in [7, 11) is -3.17. The van der Waals surface area contributed by atoms with Crippen molar-refractivity contribution in [1.82, 2.24) is 12.3 Å². The van der Waals surface area contributed by atoms with Gasteiger partial charge in [0.25, 0.3) is 0 Å². The fraction of sp³-hybridized carbons (Fsp3) is 1.00. The molecule has 7 nitrogen and oxygen atoms in total. The van der Waals surface area contributed by atoms with E-state index < -0.39 is 10.4 Å². The largest absolute Gasteiger partial charge is 0.394 e. The molecular weight excluding hydrogens is 150 g/mol. The van der Waals surface area contributed by atoms with E-state index in [1.165, 1.54) is 7.05 Å². The van der Waals surface area contributed by atoms with Crippen LogP contribution >= 0.6 is 0 Å². The minimum absolute atomic E-state index is 0. The second kappa shape index (κ2) is 10.7. The van der Waals surface area contributed by atoms with Crippen molar-refractivity contribution in [3.63, 3.8) is 0 Å². The first-order chi connectivity index (χ1) is 3.00. The van der Waals surface area contributed by atoms with E-state index in [0.717, 1.165) is 0 Å². The van der Waals surface area contributed by atoms with Crippen molar-refractivity contribution < 1.29 is 17.5 Å². The maximum atomic E-state index is 8.74. The van der Waals surface area contributed by atoms with Gasteiger partial charge in [0.2, 0.25) is 0 Å². The summed E-state index contributed by atoms with van der Waals surface area (Å²) in [6.07, 6.45) is 0. The Hall–Kier alpha value is -0.250. The number of nitrogens with two attached hydrogens (primary N) is 1. The van der Waals surface area contributed by atoms with Crippen molar-refractivity contribution >= 4 is 10.4 Å². The van der Waals surface area contributed by atoms with Crippen molar-refractivity contribution in [3.8, 4) is 0 Å². The van der Waals surface area contributed by atoms with Crippen LogP contribution in [0.5, 0.6) is 0 Å². The molecule has 0 saturated carbocycles. The third-order valence-corrected chi connectivity index (χ3v) is 0. The van der Waals surface area contributed by atoms with E-state index in [1.54, 1.807) is 0 Å². The van der Waals surface area contributed by atoms with Gasteiger partial charge in [-0.25, -0.2) is 0 Å². The van der Waals surface area contributed by atoms with E-state index in [-0.39, 0.29) is 12.3 Å². The van der Waals surface area contributed by atoms with Crippen LogP contribution in [0.4, 0.5) is 0 Å². The van der Waals surface area contributed by atoms with E-state index in [9.17, 15) is 0 Å². The highest BCUT2D eigenvalue weighted by Gasteiger charge is 1.84. The van der Waals surface area contributed by atoms with Gasteiger partial charge in [-0.2, -0.15) is 8.42 Å². The summed E-state index contributed by atoms with van der Waals surface area (Å²) in [4.78, 5) is 0. The highest BCUT2D eigenvalue weighted by atomic mass is 32.3. The molecule has 0 amide bonds. The monoisotopic (exact) mass is 163 g/mol. The van der Waals surface area contributed by atoms with Gasteiger partial charge in [-0.1, -0.05) is 0 Å². The molecule has 0 spiro atoms. The fourth-order valence-electron chi connectivity index (χ4n) is 0. The molecule has 0 rings (SSSR count). The highest BCUT2D eigenvalue weighted by molar-refractivity contribution is 7.79. The van der Waals surface area contributed by atoms with Gasteiger partial charge in [0.05, 0.1) is 0 Å². The SMILES string of the molecule is CN.N.N.O=S(=O)(O)O. The Morgan fingerprint density at radius 2 is 1.11 bits per heavy atom. The molecular formula is CH13N3O4S. The summed E-state index contributed by atoms with van der Waals surface area (Å²) in [5.41, 5.74) is 4.50. The first kappa shape index (κ1) is 23.3. The summed E-state index contributed by atoms with van der Waals surface area (Å²) in [5, 5.41) is 0. The molecule has 0 aromatic heterocycles. The quantitative estimate of drug-likeness (QED) is 0.292. The van der Waals surface area contributed by atoms with Crippen molar-refractivity contribution in [3.05, 3.63) is 0 Å². The Kier molecular flexibility index (Phi) is 27.6. The second-order valence-corrected chi connectivity index (χ2v) is 1.34. The van der Waals surface area contributed by atoms with Gasteiger partial charge >= 0.3 is 10.4 Å². The number of hydrogen-bond donors (Lipinski definition) is 5. The molecule has 8 heteroatoms. The first-order valence-corrected chi connectivity index (χ1v) is 2.67. The minimum atomic E-state index is -4.67. The zero-order valence-corrected chi connectivity index (χ0v) is 5.93. The Morgan fingerprint density at radius 1 is 1.11 bits per heavy atom. The molecule has 0 atom stereocenters. The zero-order chi connectivity index (χ0) is 6.50. The third-order valence-electron chi connectivity index (χ3n) is 0. The topological polar surface area (TPSA) is 171 Å². The zero-order valence-electron chi connectivity index (χ0n) is 5.11. The molecule has 0 aliphatic heterocycles. The Morgan fingerprint density at radius 3 is 1.11 bits per heavy atom. The lowest BCUT2D eigenvalue weighted by atomic mass is 11.6. The standard InChI is InChI=1S/CH5N.2H3N.H2O4S/c1-2;;;1-5(2,3)4/h2H2,1H3;2*1H3;(H2,1,2,3,4). The van der Waals surface area contributed by atoms with Crippen LogP contribution in [0.2, 0.25) is 0 Å². The Bertz CT molecular complexity index is 99.0. The molecule has 0 aliphatic rings. The maximum Gasteiger partial charge on any atom is 0.394 e. The predicted octanol–water partition coefficient (Wildman–Crippen LogP) is -0.754. The smallest absolute Gasteiger partial charge is 0.344 e. The van der Waals surface area contributed by atoms with Crippen molar-refractivity contribution in [2.24, 2.45) is 5.73 Å². The van der Waals surface area contributed by atoms with Crippen molar-refractivity contribution in [1.29, 1.82) is 0 Å². The molecule has 10 N–H and O–H groups in total. The minimum Gasteiger partial charge on any atom is -0.344 e. The Balaban J connectivity index is -0.0000000286. The van der Waals surface area contributed by atoms with Gasteiger partial charge in [0.1, 0.15) is 0 Å². The van der Waals surface area contributed by atoms with E-state index in [2.05, 4.69) is 5.73 Å². The summed E-state index contributed by atoms with van der Waals surface area (Å²) in [6, 6.07) is 0. The van der Waals surface area contributed by atoms with Crippen LogP contribution in [0.25, 0.3) is 0 Å². The van der Waals surface area contributed by atoms with Crippen LogP contribution in [0.15, 0.2) is 0 Å². The lowest BCUT2D eigenvalue weighted by Crippen LogP contribution is -1.89. The molecule has 0 radical (unpaired) electrons. The van der Waals surface area contributed by atoms with E-state index >= 15 is 0 Å². The average molecular weight is 163 g/mol. The van der Waals surface area contributed by atoms with Crippen LogP contribution in [0.3, 0.4) is 0 Å². The van der Waals surface area contributed by atoms with Crippen LogP contribution in [-0.2, 0) is 10.4 Å². The number of rotatable bonds is 0. The average Bonchev–Trinajstić information content (AvgIpc) is 1.36. The summed E-state index contributed by atoms with van der Waals surface area (Å²) in [6.45, 7) is 0. The van der Waals surface area contributed by atoms with Gasteiger partial charge in [-0.05, 0) is 7.05 Å². The van der Waals surface area contributed by atoms with Gasteiger partial charge in [-0.3, -0.25) is 9.11 Å². The normalized spacial score (nSPS) is 7.11. The predicted molar refractivity (Wildman–Crippen MR) is 34.3 cm³/mol. The van der Waals surface area contributed by atoms with Crippen LogP contribution in [0.1, 0.15) is 0 Å². The molecule has 0 fully saturated rings. The molecule has 9 heavy (non-hydrogen) atoms. The third kappa shape index (κ3) is 4100. The number of hydrogen-bond acceptors (Lipinski definition) is 5. The van der Waals surface area contributed by atoms with Crippen LogP contribution in [-0.4, -0.2) is 24.6 Å². The maximum absolute atomic E-state index is 8.74. The van der Waals surface area contributed by atoms with Crippen molar-refractivity contribution in [2.45, 2.75) is 0 Å². The molecule has 0 bridgehead atoms. The van der Waals surface area contributed by atoms with Gasteiger partial charge in [0.15, 0.2) is 0 Å². The summed E-state index contributed by atoms with van der Waals surface area (Å²) in [5.74, 6) is 0. The molecule has 0 aromatic rings. The highest BCUT2D eigenvalue weighted by Crippen LogP contribution is 1.59. The Labute approximate surface area is 54.0 Å². The molecule has 62 valence electrons. The first-order valence-electron chi connectivity index (χ1n) is 1.28. The summed E-state index contributed by atoms with van der Waals surface area (Å²) >= 11 is 0. The fourth-order valence-corrected chi connectivity index (χ4v) is 0. The van der Waals surface area contributed by atoms with E-state index in [4.69, 9.17) is 17.5 Å². The molecule has 0 saturated heterocycles. The summed E-state index contributed by atoms with van der Waals surface area (Å²) < 4.78 is 31.6. The molecule has 0 aromatic carbocycles. The lowest BCUT2D eigenvalue weighted by molar-refractivity contribution is 0.381.